The van der Waals surface area contributed by atoms with Crippen LogP contribution in [0.3, 0.4) is 0 Å². The standard InChI is InChI=1S/C65H123NO3/c1-3-5-7-9-11-13-15-17-19-21-23-25-26-27-28-29-30-31-32-33-34-35-36-37-38-39-40-41-43-45-47-49-51-53-55-57-59-61-65(69)66-63(62-67)64(68)60-58-56-54-52-50-48-46-44-42-24-22-20-18-16-14-12-10-8-6-4-2/h15,17,21,23,50,52,58,60,63-64,67-68H,3-14,16,18-20,22,24-49,51,53-57,59,61-62H2,1-2H3,(H,66,69)/b17-15-,23-21-,52-50+,60-58+. The van der Waals surface area contributed by atoms with Crippen LogP contribution >= 0.6 is 0 Å². The molecule has 3 N–H and O–H groups in total. The minimum atomic E-state index is -0.862. The van der Waals surface area contributed by atoms with Crippen LogP contribution in [0.15, 0.2) is 48.6 Å². The molecule has 2 unspecified atom stereocenters. The minimum Gasteiger partial charge on any atom is -0.394 e. The Bertz CT molecular complexity index is 1090. The second-order valence-electron chi connectivity index (χ2n) is 21.5. The molecule has 0 spiro atoms. The van der Waals surface area contributed by atoms with Crippen molar-refractivity contribution in [3.8, 4) is 0 Å². The molecule has 4 heteroatoms. The van der Waals surface area contributed by atoms with Gasteiger partial charge in [0.25, 0.3) is 0 Å². The third-order valence-corrected chi connectivity index (χ3v) is 14.5. The van der Waals surface area contributed by atoms with E-state index >= 15 is 0 Å². The Morgan fingerprint density at radius 2 is 0.609 bits per heavy atom. The largest absolute Gasteiger partial charge is 0.394 e. The van der Waals surface area contributed by atoms with Crippen LogP contribution in [-0.4, -0.2) is 34.9 Å². The van der Waals surface area contributed by atoms with Crippen LogP contribution in [-0.2, 0) is 4.79 Å². The first-order valence-electron chi connectivity index (χ1n) is 31.4. The van der Waals surface area contributed by atoms with Gasteiger partial charge in [-0.3, -0.25) is 4.79 Å². The predicted molar refractivity (Wildman–Crippen MR) is 308 cm³/mol. The molecular formula is C65H123NO3. The Balaban J connectivity index is 3.43. The molecule has 0 fully saturated rings. The SMILES string of the molecule is CCCCCCC/C=C\C/C=C\CCCCCCCCCCCCCCCCCCCCCCCCCCCC(=O)NC(CO)C(O)/C=C/CC/C=C/CCCCCCCCCCCCCCCC. The van der Waals surface area contributed by atoms with E-state index in [9.17, 15) is 15.0 Å². The van der Waals surface area contributed by atoms with Crippen LogP contribution < -0.4 is 5.32 Å². The van der Waals surface area contributed by atoms with E-state index in [2.05, 4.69) is 55.6 Å². The van der Waals surface area contributed by atoms with Crippen LogP contribution in [0, 0.1) is 0 Å². The number of carbonyl (C=O) groups excluding carboxylic acids is 1. The highest BCUT2D eigenvalue weighted by molar-refractivity contribution is 5.76. The third-order valence-electron chi connectivity index (χ3n) is 14.5. The number of unbranched alkanes of at least 4 members (excludes halogenated alkanes) is 45. The van der Waals surface area contributed by atoms with Gasteiger partial charge < -0.3 is 15.5 Å². The number of amides is 1. The highest BCUT2D eigenvalue weighted by Gasteiger charge is 2.18. The van der Waals surface area contributed by atoms with Crippen molar-refractivity contribution in [3.05, 3.63) is 48.6 Å². The van der Waals surface area contributed by atoms with Gasteiger partial charge in [-0.2, -0.15) is 0 Å². The lowest BCUT2D eigenvalue weighted by Crippen LogP contribution is -2.45. The number of hydrogen-bond donors (Lipinski definition) is 3. The normalized spacial score (nSPS) is 13.0. The molecule has 406 valence electrons. The summed E-state index contributed by atoms with van der Waals surface area (Å²) in [5.41, 5.74) is 0. The molecule has 0 aromatic carbocycles. The minimum absolute atomic E-state index is 0.0676. The Morgan fingerprint density at radius 3 is 0.928 bits per heavy atom. The quantitative estimate of drug-likeness (QED) is 0.0420. The molecule has 0 aliphatic carbocycles. The van der Waals surface area contributed by atoms with E-state index in [1.807, 2.05) is 6.08 Å². The van der Waals surface area contributed by atoms with Crippen molar-refractivity contribution in [2.75, 3.05) is 6.61 Å². The van der Waals surface area contributed by atoms with Gasteiger partial charge in [0, 0.05) is 6.42 Å². The number of aliphatic hydroxyl groups excluding tert-OH is 2. The van der Waals surface area contributed by atoms with Gasteiger partial charge in [-0.1, -0.05) is 319 Å². The zero-order valence-electron chi connectivity index (χ0n) is 46.8. The molecule has 0 aromatic rings. The highest BCUT2D eigenvalue weighted by atomic mass is 16.3. The fourth-order valence-electron chi connectivity index (χ4n) is 9.76. The summed E-state index contributed by atoms with van der Waals surface area (Å²) in [5.74, 6) is -0.0676. The van der Waals surface area contributed by atoms with Crippen molar-refractivity contribution in [1.82, 2.24) is 5.32 Å². The van der Waals surface area contributed by atoms with Crippen molar-refractivity contribution < 1.29 is 15.0 Å². The van der Waals surface area contributed by atoms with Crippen molar-refractivity contribution in [2.24, 2.45) is 0 Å². The Hall–Kier alpha value is -1.65. The first kappa shape index (κ1) is 67.3. The first-order chi connectivity index (χ1) is 34.2. The predicted octanol–water partition coefficient (Wildman–Crippen LogP) is 21.0. The molecule has 0 bridgehead atoms. The summed E-state index contributed by atoms with van der Waals surface area (Å²) in [4.78, 5) is 12.5. The summed E-state index contributed by atoms with van der Waals surface area (Å²) in [6.07, 6.45) is 84.6. The van der Waals surface area contributed by atoms with E-state index in [0.717, 1.165) is 38.5 Å². The molecule has 69 heavy (non-hydrogen) atoms. The first-order valence-corrected chi connectivity index (χ1v) is 31.4. The van der Waals surface area contributed by atoms with Crippen LogP contribution in [0.1, 0.15) is 341 Å². The second-order valence-corrected chi connectivity index (χ2v) is 21.5. The Labute approximate surface area is 433 Å². The summed E-state index contributed by atoms with van der Waals surface area (Å²) >= 11 is 0. The smallest absolute Gasteiger partial charge is 0.220 e. The number of rotatable bonds is 58. The van der Waals surface area contributed by atoms with Gasteiger partial charge in [0.15, 0.2) is 0 Å². The maximum absolute atomic E-state index is 12.5. The van der Waals surface area contributed by atoms with Gasteiger partial charge in [0.05, 0.1) is 18.8 Å². The maximum Gasteiger partial charge on any atom is 0.220 e. The topological polar surface area (TPSA) is 69.6 Å². The van der Waals surface area contributed by atoms with E-state index < -0.39 is 12.1 Å². The molecule has 0 saturated carbocycles. The molecule has 0 saturated heterocycles. The molecule has 0 heterocycles. The molecule has 1 amide bonds. The van der Waals surface area contributed by atoms with Gasteiger partial charge in [-0.15, -0.1) is 0 Å². The molecule has 0 aliphatic heterocycles. The lowest BCUT2D eigenvalue weighted by molar-refractivity contribution is -0.123. The van der Waals surface area contributed by atoms with Crippen molar-refractivity contribution in [1.29, 1.82) is 0 Å². The van der Waals surface area contributed by atoms with Gasteiger partial charge in [-0.25, -0.2) is 0 Å². The van der Waals surface area contributed by atoms with Crippen molar-refractivity contribution in [2.45, 2.75) is 353 Å². The lowest BCUT2D eigenvalue weighted by atomic mass is 10.0. The number of carbonyl (C=O) groups is 1. The average molecular weight is 967 g/mol. The van der Waals surface area contributed by atoms with Crippen LogP contribution in [0.5, 0.6) is 0 Å². The number of aliphatic hydroxyl groups is 2. The fraction of sp³-hybridized carbons (Fsp3) is 0.862. The van der Waals surface area contributed by atoms with Crippen LogP contribution in [0.25, 0.3) is 0 Å². The summed E-state index contributed by atoms with van der Waals surface area (Å²) in [6, 6.07) is -0.638. The monoisotopic (exact) mass is 966 g/mol. The van der Waals surface area contributed by atoms with E-state index in [1.165, 1.54) is 283 Å². The fourth-order valence-corrected chi connectivity index (χ4v) is 9.76. The molecular weight excluding hydrogens is 843 g/mol. The summed E-state index contributed by atoms with van der Waals surface area (Å²) in [5, 5.41) is 23.2. The van der Waals surface area contributed by atoms with Gasteiger partial charge >= 0.3 is 0 Å². The number of allylic oxidation sites excluding steroid dienone is 7. The molecule has 2 atom stereocenters. The molecule has 0 rings (SSSR count). The maximum atomic E-state index is 12.5. The lowest BCUT2D eigenvalue weighted by Gasteiger charge is -2.19. The van der Waals surface area contributed by atoms with Crippen molar-refractivity contribution >= 4 is 5.91 Å². The zero-order valence-corrected chi connectivity index (χ0v) is 46.8. The molecule has 0 aromatic heterocycles. The third kappa shape index (κ3) is 57.1. The van der Waals surface area contributed by atoms with Gasteiger partial charge in [0.2, 0.25) is 5.91 Å². The highest BCUT2D eigenvalue weighted by Crippen LogP contribution is 2.18. The van der Waals surface area contributed by atoms with E-state index in [4.69, 9.17) is 0 Å². The Morgan fingerprint density at radius 1 is 0.348 bits per heavy atom. The summed E-state index contributed by atoms with van der Waals surface area (Å²) < 4.78 is 0. The van der Waals surface area contributed by atoms with Crippen LogP contribution in [0.4, 0.5) is 0 Å². The van der Waals surface area contributed by atoms with Gasteiger partial charge in [0.1, 0.15) is 0 Å². The zero-order chi connectivity index (χ0) is 49.9. The Kier molecular flexibility index (Phi) is 59.2. The summed E-state index contributed by atoms with van der Waals surface area (Å²) in [7, 11) is 0. The van der Waals surface area contributed by atoms with E-state index in [-0.39, 0.29) is 12.5 Å². The summed E-state index contributed by atoms with van der Waals surface area (Å²) in [6.45, 7) is 4.32. The average Bonchev–Trinajstić information content (AvgIpc) is 3.35. The van der Waals surface area contributed by atoms with Crippen molar-refractivity contribution in [3.63, 3.8) is 0 Å². The van der Waals surface area contributed by atoms with E-state index in [1.54, 1.807) is 6.08 Å². The second kappa shape index (κ2) is 60.7. The number of hydrogen-bond acceptors (Lipinski definition) is 3. The molecule has 4 nitrogen and oxygen atoms in total. The molecule has 0 aliphatic rings. The molecule has 0 radical (unpaired) electrons. The van der Waals surface area contributed by atoms with Crippen LogP contribution in [0.2, 0.25) is 0 Å². The van der Waals surface area contributed by atoms with Gasteiger partial charge in [-0.05, 0) is 64.2 Å². The number of nitrogens with one attached hydrogen (secondary N) is 1. The van der Waals surface area contributed by atoms with E-state index in [0.29, 0.717) is 6.42 Å².